The number of rotatable bonds is 4. The summed E-state index contributed by atoms with van der Waals surface area (Å²) in [6.45, 7) is 2.75. The Hall–Kier alpha value is -2.31. The lowest BCUT2D eigenvalue weighted by atomic mass is 10.2. The number of morpholine rings is 1. The molecule has 2 aromatic rings. The van der Waals surface area contributed by atoms with Crippen molar-refractivity contribution in [3.63, 3.8) is 0 Å². The summed E-state index contributed by atoms with van der Waals surface area (Å²) < 4.78 is 10.4. The molecule has 1 fully saturated rings. The van der Waals surface area contributed by atoms with Crippen molar-refractivity contribution >= 4 is 28.9 Å². The summed E-state index contributed by atoms with van der Waals surface area (Å²) in [6, 6.07) is 8.78. The third kappa shape index (κ3) is 3.60. The molecule has 0 saturated carbocycles. The third-order valence-corrected chi connectivity index (χ3v) is 4.07. The molecule has 0 unspecified atom stereocenters. The second kappa shape index (κ2) is 7.51. The van der Waals surface area contributed by atoms with Gasteiger partial charge in [-0.2, -0.15) is 0 Å². The smallest absolute Gasteiger partial charge is 0.257 e. The molecule has 0 atom stereocenters. The number of pyridine rings is 1. The molecule has 24 heavy (non-hydrogen) atoms. The molecule has 2 heterocycles. The molecule has 1 aliphatic rings. The molecular weight excluding hydrogens is 330 g/mol. The molecule has 1 amide bonds. The highest BCUT2D eigenvalue weighted by Crippen LogP contribution is 2.34. The average molecular weight is 348 g/mol. The molecule has 1 N–H and O–H groups in total. The van der Waals surface area contributed by atoms with E-state index in [4.69, 9.17) is 21.1 Å². The fourth-order valence-electron chi connectivity index (χ4n) is 2.55. The van der Waals surface area contributed by atoms with Gasteiger partial charge in [-0.1, -0.05) is 17.7 Å². The van der Waals surface area contributed by atoms with Crippen molar-refractivity contribution in [1.29, 1.82) is 0 Å². The first-order valence-corrected chi connectivity index (χ1v) is 7.99. The Morgan fingerprint density at radius 1 is 1.29 bits per heavy atom. The van der Waals surface area contributed by atoms with Gasteiger partial charge in [0.2, 0.25) is 5.88 Å². The van der Waals surface area contributed by atoms with E-state index in [-0.39, 0.29) is 5.91 Å². The lowest BCUT2D eigenvalue weighted by molar-refractivity contribution is 0.102. The number of amides is 1. The van der Waals surface area contributed by atoms with Crippen LogP contribution in [0, 0.1) is 0 Å². The molecule has 7 heteroatoms. The summed E-state index contributed by atoms with van der Waals surface area (Å²) in [5, 5.41) is 3.52. The lowest BCUT2D eigenvalue weighted by Crippen LogP contribution is -2.37. The number of nitrogens with zero attached hydrogens (tertiary/aromatic N) is 2. The standard InChI is InChI=1S/C17H18ClN3O3/c1-23-15-6-5-12(11-19-15)17(22)20-14-4-2-3-13(18)16(14)21-7-9-24-10-8-21/h2-6,11H,7-10H2,1H3,(H,20,22). The fourth-order valence-corrected chi connectivity index (χ4v) is 2.85. The molecule has 1 aromatic heterocycles. The van der Waals surface area contributed by atoms with Gasteiger partial charge in [-0.3, -0.25) is 4.79 Å². The summed E-state index contributed by atoms with van der Waals surface area (Å²) in [4.78, 5) is 18.7. The maximum Gasteiger partial charge on any atom is 0.257 e. The first-order chi connectivity index (χ1) is 11.7. The number of carbonyl (C=O) groups is 1. The Kier molecular flexibility index (Phi) is 5.17. The van der Waals surface area contributed by atoms with Gasteiger partial charge < -0.3 is 19.7 Å². The van der Waals surface area contributed by atoms with Crippen LogP contribution in [0.3, 0.4) is 0 Å². The van der Waals surface area contributed by atoms with E-state index < -0.39 is 0 Å². The zero-order chi connectivity index (χ0) is 16.9. The Labute approximate surface area is 145 Å². The van der Waals surface area contributed by atoms with Crippen molar-refractivity contribution in [3.8, 4) is 5.88 Å². The van der Waals surface area contributed by atoms with Crippen LogP contribution < -0.4 is 15.0 Å². The Balaban J connectivity index is 1.83. The second-order valence-electron chi connectivity index (χ2n) is 5.28. The molecule has 3 rings (SSSR count). The highest BCUT2D eigenvalue weighted by atomic mass is 35.5. The van der Waals surface area contributed by atoms with Crippen molar-refractivity contribution in [1.82, 2.24) is 4.98 Å². The zero-order valence-corrected chi connectivity index (χ0v) is 14.0. The molecule has 0 bridgehead atoms. The number of methoxy groups -OCH3 is 1. The largest absolute Gasteiger partial charge is 0.481 e. The molecule has 126 valence electrons. The van der Waals surface area contributed by atoms with Crippen molar-refractivity contribution in [2.24, 2.45) is 0 Å². The van der Waals surface area contributed by atoms with E-state index in [1.54, 1.807) is 12.1 Å². The summed E-state index contributed by atoms with van der Waals surface area (Å²) in [5.74, 6) is 0.213. The molecule has 1 saturated heterocycles. The summed E-state index contributed by atoms with van der Waals surface area (Å²) >= 11 is 6.37. The van der Waals surface area contributed by atoms with Crippen LogP contribution in [0.1, 0.15) is 10.4 Å². The quantitative estimate of drug-likeness (QED) is 0.921. The van der Waals surface area contributed by atoms with E-state index in [1.807, 2.05) is 18.2 Å². The number of halogens is 1. The molecule has 6 nitrogen and oxygen atoms in total. The maximum absolute atomic E-state index is 12.5. The van der Waals surface area contributed by atoms with Crippen molar-refractivity contribution in [2.75, 3.05) is 43.6 Å². The summed E-state index contributed by atoms with van der Waals surface area (Å²) in [5.41, 5.74) is 1.94. The van der Waals surface area contributed by atoms with Crippen LogP contribution in [0.5, 0.6) is 5.88 Å². The molecular formula is C17H18ClN3O3. The number of benzene rings is 1. The van der Waals surface area contributed by atoms with Crippen LogP contribution in [0.2, 0.25) is 5.02 Å². The van der Waals surface area contributed by atoms with Crippen LogP contribution in [-0.2, 0) is 4.74 Å². The van der Waals surface area contributed by atoms with E-state index in [0.29, 0.717) is 35.4 Å². The van der Waals surface area contributed by atoms with Gasteiger partial charge in [0.25, 0.3) is 5.91 Å². The van der Waals surface area contributed by atoms with Crippen LogP contribution in [0.15, 0.2) is 36.5 Å². The Bertz CT molecular complexity index is 716. The first-order valence-electron chi connectivity index (χ1n) is 7.61. The van der Waals surface area contributed by atoms with Crippen LogP contribution in [-0.4, -0.2) is 44.3 Å². The molecule has 1 aromatic carbocycles. The van der Waals surface area contributed by atoms with Crippen molar-refractivity contribution in [3.05, 3.63) is 47.1 Å². The number of para-hydroxylation sites is 1. The summed E-state index contributed by atoms with van der Waals surface area (Å²) in [7, 11) is 1.53. The number of hydrogen-bond acceptors (Lipinski definition) is 5. The number of anilines is 2. The number of ether oxygens (including phenoxy) is 2. The molecule has 1 aliphatic heterocycles. The monoisotopic (exact) mass is 347 g/mol. The fraction of sp³-hybridized carbons (Fsp3) is 0.294. The minimum Gasteiger partial charge on any atom is -0.481 e. The minimum atomic E-state index is -0.248. The SMILES string of the molecule is COc1ccc(C(=O)Nc2cccc(Cl)c2N2CCOCC2)cn1. The van der Waals surface area contributed by atoms with Crippen LogP contribution in [0.25, 0.3) is 0 Å². The van der Waals surface area contributed by atoms with Gasteiger partial charge >= 0.3 is 0 Å². The number of hydrogen-bond donors (Lipinski definition) is 1. The number of aromatic nitrogens is 1. The van der Waals surface area contributed by atoms with Gasteiger partial charge in [-0.15, -0.1) is 0 Å². The van der Waals surface area contributed by atoms with E-state index in [0.717, 1.165) is 18.8 Å². The predicted molar refractivity (Wildman–Crippen MR) is 93.2 cm³/mol. The van der Waals surface area contributed by atoms with Gasteiger partial charge in [0.15, 0.2) is 0 Å². The summed E-state index contributed by atoms with van der Waals surface area (Å²) in [6.07, 6.45) is 1.48. The minimum absolute atomic E-state index is 0.248. The lowest BCUT2D eigenvalue weighted by Gasteiger charge is -2.31. The Morgan fingerprint density at radius 2 is 2.08 bits per heavy atom. The molecule has 0 aliphatic carbocycles. The van der Waals surface area contributed by atoms with Crippen LogP contribution >= 0.6 is 11.6 Å². The van der Waals surface area contributed by atoms with E-state index in [9.17, 15) is 4.79 Å². The molecule has 0 spiro atoms. The number of carbonyl (C=O) groups excluding carboxylic acids is 1. The Morgan fingerprint density at radius 3 is 2.75 bits per heavy atom. The highest BCUT2D eigenvalue weighted by Gasteiger charge is 2.19. The van der Waals surface area contributed by atoms with Crippen molar-refractivity contribution < 1.29 is 14.3 Å². The van der Waals surface area contributed by atoms with Gasteiger partial charge in [-0.05, 0) is 18.2 Å². The average Bonchev–Trinajstić information content (AvgIpc) is 2.62. The van der Waals surface area contributed by atoms with E-state index in [2.05, 4.69) is 15.2 Å². The van der Waals surface area contributed by atoms with Gasteiger partial charge in [0, 0.05) is 25.4 Å². The van der Waals surface area contributed by atoms with E-state index >= 15 is 0 Å². The van der Waals surface area contributed by atoms with Crippen molar-refractivity contribution in [2.45, 2.75) is 0 Å². The van der Waals surface area contributed by atoms with E-state index in [1.165, 1.54) is 13.3 Å². The maximum atomic E-state index is 12.5. The van der Waals surface area contributed by atoms with Gasteiger partial charge in [0.05, 0.1) is 42.3 Å². The predicted octanol–water partition coefficient (Wildman–Crippen LogP) is 2.83. The van der Waals surface area contributed by atoms with Crippen LogP contribution in [0.4, 0.5) is 11.4 Å². The zero-order valence-electron chi connectivity index (χ0n) is 13.3. The third-order valence-electron chi connectivity index (χ3n) is 3.77. The number of nitrogens with one attached hydrogen (secondary N) is 1. The van der Waals surface area contributed by atoms with Gasteiger partial charge in [0.1, 0.15) is 0 Å². The highest BCUT2D eigenvalue weighted by molar-refractivity contribution is 6.34. The molecule has 0 radical (unpaired) electrons. The van der Waals surface area contributed by atoms with Gasteiger partial charge in [-0.25, -0.2) is 4.98 Å². The normalized spacial score (nSPS) is 14.3. The second-order valence-corrected chi connectivity index (χ2v) is 5.69. The topological polar surface area (TPSA) is 63.7 Å². The first kappa shape index (κ1) is 16.5.